The summed E-state index contributed by atoms with van der Waals surface area (Å²) in [6, 6.07) is 17.4. The van der Waals surface area contributed by atoms with Gasteiger partial charge in [0.05, 0.1) is 18.2 Å². The van der Waals surface area contributed by atoms with Crippen molar-refractivity contribution in [2.24, 2.45) is 0 Å². The number of aromatic carboxylic acids is 1. The molecule has 1 amide bonds. The lowest BCUT2D eigenvalue weighted by Crippen LogP contribution is -2.48. The second kappa shape index (κ2) is 11.2. The molecule has 3 aromatic rings. The minimum absolute atomic E-state index is 0.0331. The summed E-state index contributed by atoms with van der Waals surface area (Å²) < 4.78 is 19.5. The number of hydrogen-bond donors (Lipinski definition) is 3. The highest BCUT2D eigenvalue weighted by Crippen LogP contribution is 2.27. The Morgan fingerprint density at radius 2 is 1.65 bits per heavy atom. The fourth-order valence-corrected chi connectivity index (χ4v) is 3.53. The van der Waals surface area contributed by atoms with Crippen LogP contribution in [0.15, 0.2) is 72.8 Å². The number of aliphatic hydroxyl groups excluding tert-OH is 1. The van der Waals surface area contributed by atoms with E-state index >= 15 is 0 Å². The number of carboxylic acids is 1. The molecule has 0 aromatic heterocycles. The van der Waals surface area contributed by atoms with Gasteiger partial charge in [-0.05, 0) is 48.7 Å². The summed E-state index contributed by atoms with van der Waals surface area (Å²) in [6.07, 6.45) is -1.49. The van der Waals surface area contributed by atoms with Gasteiger partial charge in [0.25, 0.3) is 5.91 Å². The van der Waals surface area contributed by atoms with E-state index in [1.807, 2.05) is 6.07 Å². The Kier molecular flexibility index (Phi) is 8.10. The maximum absolute atomic E-state index is 14.6. The average Bonchev–Trinajstić information content (AvgIpc) is 2.84. The first-order valence-electron chi connectivity index (χ1n) is 10.6. The zero-order valence-corrected chi connectivity index (χ0v) is 18.4. The van der Waals surface area contributed by atoms with Crippen molar-refractivity contribution in [2.75, 3.05) is 6.61 Å². The average molecular weight is 465 g/mol. The van der Waals surface area contributed by atoms with E-state index in [9.17, 15) is 29.0 Å². The Bertz CT molecular complexity index is 1180. The third-order valence-corrected chi connectivity index (χ3v) is 5.20. The van der Waals surface area contributed by atoms with Crippen molar-refractivity contribution < 1.29 is 33.7 Å². The summed E-state index contributed by atoms with van der Waals surface area (Å²) in [5.74, 6) is -3.47. The van der Waals surface area contributed by atoms with Crippen LogP contribution < -0.4 is 5.32 Å². The zero-order valence-electron chi connectivity index (χ0n) is 18.4. The predicted octanol–water partition coefficient (Wildman–Crippen LogP) is 3.46. The van der Waals surface area contributed by atoms with E-state index in [2.05, 4.69) is 5.32 Å². The van der Waals surface area contributed by atoms with Crippen LogP contribution in [0, 0.1) is 5.82 Å². The third kappa shape index (κ3) is 5.85. The van der Waals surface area contributed by atoms with Gasteiger partial charge in [0, 0.05) is 11.1 Å². The SMILES string of the molecule is CCOC(=O)[C@H](O)[C@@H](Cc1ccccc1)NC(=O)c1ccc(F)c(-c2ccccc2C(=O)O)c1. The van der Waals surface area contributed by atoms with Gasteiger partial charge < -0.3 is 20.3 Å². The molecular weight excluding hydrogens is 441 g/mol. The molecule has 2 atom stereocenters. The molecule has 0 saturated carbocycles. The van der Waals surface area contributed by atoms with E-state index in [0.717, 1.165) is 11.6 Å². The molecule has 0 aliphatic rings. The molecule has 3 N–H and O–H groups in total. The fourth-order valence-electron chi connectivity index (χ4n) is 3.53. The zero-order chi connectivity index (χ0) is 24.7. The Labute approximate surface area is 195 Å². The first kappa shape index (κ1) is 24.6. The van der Waals surface area contributed by atoms with Crippen LogP contribution in [0.1, 0.15) is 33.2 Å². The molecule has 0 unspecified atom stereocenters. The van der Waals surface area contributed by atoms with Gasteiger partial charge in [0.1, 0.15) is 5.82 Å². The largest absolute Gasteiger partial charge is 0.478 e. The van der Waals surface area contributed by atoms with E-state index < -0.39 is 35.8 Å². The smallest absolute Gasteiger partial charge is 0.337 e. The standard InChI is InChI=1S/C26H24FNO6/c1-2-34-26(33)23(29)22(14-16-8-4-3-5-9-16)28-24(30)17-12-13-21(27)20(15-17)18-10-6-7-11-19(18)25(31)32/h3-13,15,22-23,29H,2,14H2,1H3,(H,28,30)(H,31,32)/t22-,23-/m1/s1. The highest BCUT2D eigenvalue weighted by Gasteiger charge is 2.29. The molecule has 7 nitrogen and oxygen atoms in total. The highest BCUT2D eigenvalue weighted by atomic mass is 19.1. The highest BCUT2D eigenvalue weighted by molar-refractivity contribution is 5.99. The van der Waals surface area contributed by atoms with Gasteiger partial charge in [-0.15, -0.1) is 0 Å². The molecule has 0 spiro atoms. The molecule has 0 aliphatic heterocycles. The topological polar surface area (TPSA) is 113 Å². The number of aliphatic hydroxyl groups is 1. The minimum atomic E-state index is -1.63. The van der Waals surface area contributed by atoms with Gasteiger partial charge in [0.2, 0.25) is 0 Å². The van der Waals surface area contributed by atoms with Crippen molar-refractivity contribution in [3.05, 3.63) is 95.3 Å². The lowest BCUT2D eigenvalue weighted by atomic mass is 9.96. The van der Waals surface area contributed by atoms with Crippen molar-refractivity contribution in [1.29, 1.82) is 0 Å². The van der Waals surface area contributed by atoms with Crippen LogP contribution in [0.25, 0.3) is 11.1 Å². The van der Waals surface area contributed by atoms with E-state index in [1.165, 1.54) is 30.3 Å². The second-order valence-electron chi connectivity index (χ2n) is 7.51. The minimum Gasteiger partial charge on any atom is -0.478 e. The molecule has 8 heteroatoms. The van der Waals surface area contributed by atoms with Crippen LogP contribution in [0.2, 0.25) is 0 Å². The van der Waals surface area contributed by atoms with Crippen LogP contribution in [-0.2, 0) is 16.0 Å². The number of hydrogen-bond acceptors (Lipinski definition) is 5. The number of nitrogens with one attached hydrogen (secondary N) is 1. The van der Waals surface area contributed by atoms with Crippen LogP contribution in [0.5, 0.6) is 0 Å². The van der Waals surface area contributed by atoms with Crippen LogP contribution in [-0.4, -0.2) is 46.8 Å². The third-order valence-electron chi connectivity index (χ3n) is 5.20. The van der Waals surface area contributed by atoms with Crippen molar-refractivity contribution in [1.82, 2.24) is 5.32 Å². The van der Waals surface area contributed by atoms with Crippen molar-refractivity contribution in [3.63, 3.8) is 0 Å². The maximum Gasteiger partial charge on any atom is 0.337 e. The lowest BCUT2D eigenvalue weighted by Gasteiger charge is -2.23. The number of carboxylic acid groups (broad SMARTS) is 1. The van der Waals surface area contributed by atoms with Gasteiger partial charge >= 0.3 is 11.9 Å². The number of ether oxygens (including phenoxy) is 1. The molecule has 3 aromatic carbocycles. The molecular formula is C26H24FNO6. The number of amides is 1. The summed E-state index contributed by atoms with van der Waals surface area (Å²) >= 11 is 0. The molecule has 176 valence electrons. The number of benzene rings is 3. The molecule has 0 radical (unpaired) electrons. The molecule has 0 fully saturated rings. The van der Waals surface area contributed by atoms with Gasteiger partial charge in [-0.3, -0.25) is 4.79 Å². The van der Waals surface area contributed by atoms with Crippen LogP contribution in [0.4, 0.5) is 4.39 Å². The summed E-state index contributed by atoms with van der Waals surface area (Å²) in [7, 11) is 0. The van der Waals surface area contributed by atoms with E-state index in [4.69, 9.17) is 4.74 Å². The number of carbonyl (C=O) groups excluding carboxylic acids is 2. The number of rotatable bonds is 9. The summed E-state index contributed by atoms with van der Waals surface area (Å²) in [6.45, 7) is 1.66. The fraction of sp³-hybridized carbons (Fsp3) is 0.192. The Hall–Kier alpha value is -4.04. The summed E-state index contributed by atoms with van der Waals surface area (Å²) in [5, 5.41) is 22.6. The van der Waals surface area contributed by atoms with Gasteiger partial charge in [0.15, 0.2) is 6.10 Å². The Morgan fingerprint density at radius 3 is 2.32 bits per heavy atom. The number of carbonyl (C=O) groups is 3. The number of esters is 1. The molecule has 3 rings (SSSR count). The molecule has 0 saturated heterocycles. The van der Waals surface area contributed by atoms with Crippen molar-refractivity contribution >= 4 is 17.8 Å². The molecule has 0 aliphatic carbocycles. The summed E-state index contributed by atoms with van der Waals surface area (Å²) in [4.78, 5) is 36.7. The first-order valence-corrected chi connectivity index (χ1v) is 10.6. The summed E-state index contributed by atoms with van der Waals surface area (Å²) in [5.41, 5.74) is 0.751. The molecule has 34 heavy (non-hydrogen) atoms. The van der Waals surface area contributed by atoms with Gasteiger partial charge in [-0.25, -0.2) is 14.0 Å². The van der Waals surface area contributed by atoms with Crippen molar-refractivity contribution in [2.45, 2.75) is 25.5 Å². The maximum atomic E-state index is 14.6. The normalized spacial score (nSPS) is 12.4. The van der Waals surface area contributed by atoms with E-state index in [-0.39, 0.29) is 35.3 Å². The quantitative estimate of drug-likeness (QED) is 0.417. The molecule has 0 heterocycles. The second-order valence-corrected chi connectivity index (χ2v) is 7.51. The van der Waals surface area contributed by atoms with Crippen LogP contribution >= 0.6 is 0 Å². The monoisotopic (exact) mass is 465 g/mol. The van der Waals surface area contributed by atoms with E-state index in [1.54, 1.807) is 37.3 Å². The van der Waals surface area contributed by atoms with Gasteiger partial charge in [-0.2, -0.15) is 0 Å². The Balaban J connectivity index is 1.92. The van der Waals surface area contributed by atoms with E-state index in [0.29, 0.717) is 0 Å². The van der Waals surface area contributed by atoms with Crippen LogP contribution in [0.3, 0.4) is 0 Å². The lowest BCUT2D eigenvalue weighted by molar-refractivity contribution is -0.154. The molecule has 0 bridgehead atoms. The first-order chi connectivity index (χ1) is 16.3. The Morgan fingerprint density at radius 1 is 0.971 bits per heavy atom. The van der Waals surface area contributed by atoms with Crippen molar-refractivity contribution in [3.8, 4) is 11.1 Å². The number of halogens is 1. The predicted molar refractivity (Wildman–Crippen MR) is 123 cm³/mol. The van der Waals surface area contributed by atoms with Gasteiger partial charge in [-0.1, -0.05) is 48.5 Å².